The second-order valence-electron chi connectivity index (χ2n) is 5.63. The first-order valence-electron chi connectivity index (χ1n) is 7.79. The average Bonchev–Trinajstić information content (AvgIpc) is 2.62. The van der Waals surface area contributed by atoms with Crippen molar-refractivity contribution in [2.24, 2.45) is 0 Å². The first-order valence-corrected chi connectivity index (χ1v) is 7.79. The summed E-state index contributed by atoms with van der Waals surface area (Å²) in [5.41, 5.74) is 0.649. The minimum absolute atomic E-state index is 0.0989. The summed E-state index contributed by atoms with van der Waals surface area (Å²) in [4.78, 5) is 34.2. The molecule has 0 saturated heterocycles. The molecule has 0 aliphatic heterocycles. The number of rotatable bonds is 6. The zero-order valence-electron chi connectivity index (χ0n) is 14.1. The standard InChI is InChI=1S/C18H17FN2O5/c1-11(13-3-7-15(19)8-4-13)20-17(22)12(2)26-18(23)14-5-9-16(10-6-14)21(24)25/h3-12H,1-2H3,(H,20,22)/t11-,12+/m1/s1. The Kier molecular flexibility index (Phi) is 6.00. The number of amides is 1. The molecular formula is C18H17FN2O5. The molecule has 0 radical (unpaired) electrons. The number of esters is 1. The van der Waals surface area contributed by atoms with Crippen molar-refractivity contribution in [1.29, 1.82) is 0 Å². The molecule has 0 fully saturated rings. The van der Waals surface area contributed by atoms with Gasteiger partial charge in [0.1, 0.15) is 5.82 Å². The molecule has 0 aliphatic carbocycles. The van der Waals surface area contributed by atoms with Crippen molar-refractivity contribution in [3.05, 3.63) is 75.6 Å². The maximum atomic E-state index is 12.9. The third-order valence-electron chi connectivity index (χ3n) is 3.70. The molecule has 1 amide bonds. The van der Waals surface area contributed by atoms with Gasteiger partial charge in [0, 0.05) is 12.1 Å². The van der Waals surface area contributed by atoms with Gasteiger partial charge in [-0.3, -0.25) is 14.9 Å². The fourth-order valence-electron chi connectivity index (χ4n) is 2.17. The first kappa shape index (κ1) is 19.0. The van der Waals surface area contributed by atoms with E-state index in [1.807, 2.05) is 0 Å². The van der Waals surface area contributed by atoms with E-state index in [9.17, 15) is 24.1 Å². The summed E-state index contributed by atoms with van der Waals surface area (Å²) in [5, 5.41) is 13.3. The number of ether oxygens (including phenoxy) is 1. The Morgan fingerprint density at radius 2 is 1.65 bits per heavy atom. The third-order valence-corrected chi connectivity index (χ3v) is 3.70. The van der Waals surface area contributed by atoms with Crippen LogP contribution in [0, 0.1) is 15.9 Å². The molecule has 0 bridgehead atoms. The normalized spacial score (nSPS) is 12.7. The van der Waals surface area contributed by atoms with Gasteiger partial charge in [0.05, 0.1) is 16.5 Å². The lowest BCUT2D eigenvalue weighted by Crippen LogP contribution is -2.37. The third kappa shape index (κ3) is 4.85. The van der Waals surface area contributed by atoms with Crippen molar-refractivity contribution in [3.63, 3.8) is 0 Å². The topological polar surface area (TPSA) is 98.5 Å². The van der Waals surface area contributed by atoms with E-state index in [0.717, 1.165) is 0 Å². The highest BCUT2D eigenvalue weighted by molar-refractivity contribution is 5.92. The molecule has 2 aromatic carbocycles. The van der Waals surface area contributed by atoms with Crippen molar-refractivity contribution < 1.29 is 23.6 Å². The molecule has 0 spiro atoms. The van der Waals surface area contributed by atoms with Crippen LogP contribution in [0.1, 0.15) is 35.8 Å². The van der Waals surface area contributed by atoms with Crippen LogP contribution in [0.2, 0.25) is 0 Å². The Labute approximate surface area is 148 Å². The number of carbonyl (C=O) groups excluding carboxylic acids is 2. The predicted octanol–water partition coefficient (Wildman–Crippen LogP) is 3.16. The van der Waals surface area contributed by atoms with Crippen molar-refractivity contribution in [2.45, 2.75) is 26.0 Å². The van der Waals surface area contributed by atoms with Crippen molar-refractivity contribution in [2.75, 3.05) is 0 Å². The summed E-state index contributed by atoms with van der Waals surface area (Å²) in [6.45, 7) is 3.13. The van der Waals surface area contributed by atoms with Gasteiger partial charge < -0.3 is 10.1 Å². The van der Waals surface area contributed by atoms with E-state index in [1.165, 1.54) is 43.3 Å². The molecule has 136 valence electrons. The van der Waals surface area contributed by atoms with Crippen LogP contribution in [-0.4, -0.2) is 22.9 Å². The number of nitro groups is 1. The summed E-state index contributed by atoms with van der Waals surface area (Å²) >= 11 is 0. The number of hydrogen-bond acceptors (Lipinski definition) is 5. The van der Waals surface area contributed by atoms with Crippen LogP contribution in [0.5, 0.6) is 0 Å². The maximum Gasteiger partial charge on any atom is 0.338 e. The van der Waals surface area contributed by atoms with Crippen LogP contribution in [0.15, 0.2) is 48.5 Å². The second-order valence-corrected chi connectivity index (χ2v) is 5.63. The van der Waals surface area contributed by atoms with E-state index in [0.29, 0.717) is 5.56 Å². The Morgan fingerprint density at radius 3 is 2.19 bits per heavy atom. The van der Waals surface area contributed by atoms with Gasteiger partial charge in [-0.2, -0.15) is 0 Å². The summed E-state index contributed by atoms with van der Waals surface area (Å²) in [5.74, 6) is -1.66. The lowest BCUT2D eigenvalue weighted by Gasteiger charge is -2.18. The summed E-state index contributed by atoms with van der Waals surface area (Å²) < 4.78 is 18.0. The SMILES string of the molecule is C[C@H](OC(=O)c1ccc([N+](=O)[O-])cc1)C(=O)N[C@H](C)c1ccc(F)cc1. The van der Waals surface area contributed by atoms with E-state index in [1.54, 1.807) is 19.1 Å². The monoisotopic (exact) mass is 360 g/mol. The highest BCUT2D eigenvalue weighted by atomic mass is 19.1. The van der Waals surface area contributed by atoms with Crippen LogP contribution in [0.3, 0.4) is 0 Å². The van der Waals surface area contributed by atoms with Gasteiger partial charge in [-0.15, -0.1) is 0 Å². The summed E-state index contributed by atoms with van der Waals surface area (Å²) in [6, 6.07) is 10.1. The van der Waals surface area contributed by atoms with E-state index in [-0.39, 0.29) is 17.1 Å². The Balaban J connectivity index is 1.94. The first-order chi connectivity index (χ1) is 12.3. The number of carbonyl (C=O) groups is 2. The largest absolute Gasteiger partial charge is 0.449 e. The molecule has 0 saturated carbocycles. The number of hydrogen-bond donors (Lipinski definition) is 1. The van der Waals surface area contributed by atoms with Gasteiger partial charge in [0.2, 0.25) is 0 Å². The molecule has 7 nitrogen and oxygen atoms in total. The van der Waals surface area contributed by atoms with Gasteiger partial charge in [-0.05, 0) is 43.7 Å². The van der Waals surface area contributed by atoms with Crippen LogP contribution in [-0.2, 0) is 9.53 Å². The van der Waals surface area contributed by atoms with Gasteiger partial charge in [-0.25, -0.2) is 9.18 Å². The van der Waals surface area contributed by atoms with E-state index >= 15 is 0 Å². The predicted molar refractivity (Wildman–Crippen MR) is 90.9 cm³/mol. The van der Waals surface area contributed by atoms with Crippen molar-refractivity contribution in [3.8, 4) is 0 Å². The Bertz CT molecular complexity index is 805. The second kappa shape index (κ2) is 8.19. The van der Waals surface area contributed by atoms with Crippen LogP contribution < -0.4 is 5.32 Å². The molecular weight excluding hydrogens is 343 g/mol. The molecule has 2 rings (SSSR count). The molecule has 1 N–H and O–H groups in total. The van der Waals surface area contributed by atoms with Crippen molar-refractivity contribution >= 4 is 17.6 Å². The molecule has 0 aliphatic rings. The van der Waals surface area contributed by atoms with Gasteiger partial charge >= 0.3 is 5.97 Å². The average molecular weight is 360 g/mol. The van der Waals surface area contributed by atoms with Gasteiger partial charge in [-0.1, -0.05) is 12.1 Å². The number of non-ortho nitro benzene ring substituents is 1. The number of nitro benzene ring substituents is 1. The van der Waals surface area contributed by atoms with Gasteiger partial charge in [0.25, 0.3) is 11.6 Å². The summed E-state index contributed by atoms with van der Waals surface area (Å²) in [7, 11) is 0. The molecule has 26 heavy (non-hydrogen) atoms. The number of nitrogens with zero attached hydrogens (tertiary/aromatic N) is 1. The quantitative estimate of drug-likeness (QED) is 0.485. The zero-order valence-corrected chi connectivity index (χ0v) is 14.1. The fraction of sp³-hybridized carbons (Fsp3) is 0.222. The lowest BCUT2D eigenvalue weighted by molar-refractivity contribution is -0.384. The summed E-state index contributed by atoms with van der Waals surface area (Å²) in [6.07, 6.45) is -1.07. The highest BCUT2D eigenvalue weighted by Crippen LogP contribution is 2.15. The molecule has 2 atom stereocenters. The van der Waals surface area contributed by atoms with E-state index in [4.69, 9.17) is 4.74 Å². The van der Waals surface area contributed by atoms with Crippen LogP contribution >= 0.6 is 0 Å². The zero-order chi connectivity index (χ0) is 19.3. The number of nitrogens with one attached hydrogen (secondary N) is 1. The molecule has 0 aromatic heterocycles. The van der Waals surface area contributed by atoms with E-state index < -0.39 is 28.9 Å². The minimum atomic E-state index is -1.07. The molecule has 0 unspecified atom stereocenters. The smallest absolute Gasteiger partial charge is 0.338 e. The molecule has 0 heterocycles. The Hall–Kier alpha value is -3.29. The molecule has 2 aromatic rings. The van der Waals surface area contributed by atoms with Crippen LogP contribution in [0.4, 0.5) is 10.1 Å². The lowest BCUT2D eigenvalue weighted by atomic mass is 10.1. The number of benzene rings is 2. The molecule has 8 heteroatoms. The highest BCUT2D eigenvalue weighted by Gasteiger charge is 2.21. The minimum Gasteiger partial charge on any atom is -0.449 e. The Morgan fingerprint density at radius 1 is 1.08 bits per heavy atom. The van der Waals surface area contributed by atoms with E-state index in [2.05, 4.69) is 5.32 Å². The van der Waals surface area contributed by atoms with Gasteiger partial charge in [0.15, 0.2) is 6.10 Å². The van der Waals surface area contributed by atoms with Crippen molar-refractivity contribution in [1.82, 2.24) is 5.32 Å². The van der Waals surface area contributed by atoms with Crippen LogP contribution in [0.25, 0.3) is 0 Å². The maximum absolute atomic E-state index is 12.9. The fourth-order valence-corrected chi connectivity index (χ4v) is 2.17. The number of halogens is 1.